The molecule has 0 unspecified atom stereocenters. The maximum Gasteiger partial charge on any atom is 0.150 e. The fraction of sp³-hybridized carbons (Fsp3) is 0.533. The monoisotopic (exact) mass is 248 g/mol. The number of hydrogen-bond acceptors (Lipinski definition) is 2. The van der Waals surface area contributed by atoms with Crippen molar-refractivity contribution >= 4 is 18.0 Å². The summed E-state index contributed by atoms with van der Waals surface area (Å²) in [5.74, 6) is 1.10. The molecule has 92 valence electrons. The van der Waals surface area contributed by atoms with Crippen molar-refractivity contribution in [3.63, 3.8) is 0 Å². The number of rotatable bonds is 1. The Labute approximate surface area is 108 Å². The van der Waals surface area contributed by atoms with Crippen LogP contribution in [0.25, 0.3) is 0 Å². The predicted octanol–water partition coefficient (Wildman–Crippen LogP) is 4.18. The van der Waals surface area contributed by atoms with Gasteiger partial charge in [0.25, 0.3) is 0 Å². The Hall–Kier alpha value is -0.760. The van der Waals surface area contributed by atoms with Crippen molar-refractivity contribution < 1.29 is 4.79 Å². The molecule has 0 bridgehead atoms. The highest BCUT2D eigenvalue weighted by Crippen LogP contribution is 2.48. The topological polar surface area (TPSA) is 17.1 Å². The third kappa shape index (κ3) is 2.15. The molecule has 1 aliphatic heterocycles. The molecule has 0 aliphatic carbocycles. The average Bonchev–Trinajstić information content (AvgIpc) is 2.52. The molecule has 0 aromatic heterocycles. The lowest BCUT2D eigenvalue weighted by Gasteiger charge is -2.25. The third-order valence-electron chi connectivity index (χ3n) is 3.36. The minimum atomic E-state index is 0.0938. The molecule has 0 N–H and O–H groups in total. The van der Waals surface area contributed by atoms with Gasteiger partial charge in [-0.25, -0.2) is 0 Å². The highest BCUT2D eigenvalue weighted by atomic mass is 32.2. The minimum absolute atomic E-state index is 0.0938. The molecular weight excluding hydrogens is 228 g/mol. The van der Waals surface area contributed by atoms with E-state index in [1.807, 2.05) is 11.8 Å². The number of fused-ring (bicyclic) bond motifs is 1. The molecule has 0 atom stereocenters. The van der Waals surface area contributed by atoms with Gasteiger partial charge in [-0.05, 0) is 28.7 Å². The number of aldehydes is 1. The molecule has 2 heteroatoms. The molecule has 0 saturated carbocycles. The van der Waals surface area contributed by atoms with Crippen molar-refractivity contribution in [2.45, 2.75) is 50.3 Å². The second-order valence-corrected chi connectivity index (χ2v) is 7.47. The quantitative estimate of drug-likeness (QED) is 0.693. The zero-order chi connectivity index (χ0) is 12.8. The fourth-order valence-electron chi connectivity index (χ4n) is 2.26. The highest BCUT2D eigenvalue weighted by molar-refractivity contribution is 7.99. The van der Waals surface area contributed by atoms with Crippen LogP contribution in [0.15, 0.2) is 17.0 Å². The van der Waals surface area contributed by atoms with Crippen LogP contribution in [0, 0.1) is 0 Å². The second kappa shape index (κ2) is 3.88. The summed E-state index contributed by atoms with van der Waals surface area (Å²) >= 11 is 1.93. The van der Waals surface area contributed by atoms with Crippen LogP contribution in [0.3, 0.4) is 0 Å². The smallest absolute Gasteiger partial charge is 0.150 e. The largest absolute Gasteiger partial charge is 0.298 e. The van der Waals surface area contributed by atoms with E-state index >= 15 is 0 Å². The van der Waals surface area contributed by atoms with Gasteiger partial charge in [-0.1, -0.05) is 34.6 Å². The van der Waals surface area contributed by atoms with E-state index in [1.165, 1.54) is 16.0 Å². The summed E-state index contributed by atoms with van der Waals surface area (Å²) in [5.41, 5.74) is 3.74. The first-order chi connectivity index (χ1) is 7.75. The molecule has 1 aromatic rings. The standard InChI is InChI=1S/C15H20OS/c1-14(2,3)11-6-10(8-16)7-12-13(11)17-9-15(12,4)5/h6-8H,9H2,1-5H3. The lowest BCUT2D eigenvalue weighted by molar-refractivity contribution is 0.112. The van der Waals surface area contributed by atoms with Crippen LogP contribution < -0.4 is 0 Å². The van der Waals surface area contributed by atoms with Crippen molar-refractivity contribution in [1.82, 2.24) is 0 Å². The molecule has 1 aliphatic rings. The van der Waals surface area contributed by atoms with Gasteiger partial charge >= 0.3 is 0 Å². The van der Waals surface area contributed by atoms with Crippen molar-refractivity contribution in [1.29, 1.82) is 0 Å². The highest BCUT2D eigenvalue weighted by Gasteiger charge is 2.34. The first-order valence-corrected chi connectivity index (χ1v) is 7.01. The van der Waals surface area contributed by atoms with Gasteiger partial charge in [-0.2, -0.15) is 0 Å². The summed E-state index contributed by atoms with van der Waals surface area (Å²) in [6.45, 7) is 11.1. The number of hydrogen-bond donors (Lipinski definition) is 0. The van der Waals surface area contributed by atoms with Gasteiger partial charge in [0.1, 0.15) is 6.29 Å². The van der Waals surface area contributed by atoms with Gasteiger partial charge in [0.2, 0.25) is 0 Å². The van der Waals surface area contributed by atoms with Gasteiger partial charge in [0.15, 0.2) is 0 Å². The van der Waals surface area contributed by atoms with Gasteiger partial charge in [-0.15, -0.1) is 11.8 Å². The Kier molecular flexibility index (Phi) is 2.89. The van der Waals surface area contributed by atoms with E-state index in [1.54, 1.807) is 0 Å². The molecule has 0 spiro atoms. The maximum atomic E-state index is 11.1. The molecular formula is C15H20OS. The minimum Gasteiger partial charge on any atom is -0.298 e. The Morgan fingerprint density at radius 2 is 1.94 bits per heavy atom. The van der Waals surface area contributed by atoms with E-state index in [4.69, 9.17) is 0 Å². The lowest BCUT2D eigenvalue weighted by atomic mass is 9.80. The fourth-order valence-corrected chi connectivity index (χ4v) is 3.94. The molecule has 1 aromatic carbocycles. The second-order valence-electron chi connectivity index (χ2n) is 6.49. The molecule has 0 amide bonds. The Balaban J connectivity index is 2.71. The average molecular weight is 248 g/mol. The third-order valence-corrected chi connectivity index (χ3v) is 4.96. The summed E-state index contributed by atoms with van der Waals surface area (Å²) in [5, 5.41) is 0. The van der Waals surface area contributed by atoms with Crippen LogP contribution in [0.2, 0.25) is 0 Å². The van der Waals surface area contributed by atoms with Gasteiger partial charge in [0, 0.05) is 21.6 Å². The molecule has 0 saturated heterocycles. The van der Waals surface area contributed by atoms with E-state index < -0.39 is 0 Å². The van der Waals surface area contributed by atoms with E-state index in [0.29, 0.717) is 0 Å². The van der Waals surface area contributed by atoms with Crippen LogP contribution in [-0.4, -0.2) is 12.0 Å². The number of carbonyl (C=O) groups excluding carboxylic acids is 1. The van der Waals surface area contributed by atoms with Crippen molar-refractivity contribution in [2.24, 2.45) is 0 Å². The first kappa shape index (κ1) is 12.7. The zero-order valence-electron chi connectivity index (χ0n) is 11.3. The van der Waals surface area contributed by atoms with E-state index in [2.05, 4.69) is 46.8 Å². The van der Waals surface area contributed by atoms with Crippen LogP contribution in [0.5, 0.6) is 0 Å². The number of thioether (sulfide) groups is 1. The molecule has 0 fully saturated rings. The van der Waals surface area contributed by atoms with Crippen LogP contribution in [-0.2, 0) is 10.8 Å². The molecule has 2 rings (SSSR count). The van der Waals surface area contributed by atoms with Crippen LogP contribution in [0.1, 0.15) is 56.1 Å². The van der Waals surface area contributed by atoms with Gasteiger partial charge in [0.05, 0.1) is 0 Å². The Bertz CT molecular complexity index is 467. The lowest BCUT2D eigenvalue weighted by Crippen LogP contribution is -2.18. The maximum absolute atomic E-state index is 11.1. The normalized spacial score (nSPS) is 17.9. The predicted molar refractivity (Wildman–Crippen MR) is 74.3 cm³/mol. The van der Waals surface area contributed by atoms with Crippen molar-refractivity contribution in [3.05, 3.63) is 28.8 Å². The molecule has 1 nitrogen and oxygen atoms in total. The summed E-state index contributed by atoms with van der Waals surface area (Å²) in [7, 11) is 0. The van der Waals surface area contributed by atoms with Crippen LogP contribution >= 0.6 is 11.8 Å². The number of benzene rings is 1. The molecule has 1 heterocycles. The van der Waals surface area contributed by atoms with Crippen molar-refractivity contribution in [3.8, 4) is 0 Å². The SMILES string of the molecule is CC(C)(C)c1cc(C=O)cc2c1SCC2(C)C. The van der Waals surface area contributed by atoms with E-state index in [0.717, 1.165) is 17.6 Å². The Morgan fingerprint density at radius 3 is 2.47 bits per heavy atom. The van der Waals surface area contributed by atoms with Crippen LogP contribution in [0.4, 0.5) is 0 Å². The zero-order valence-corrected chi connectivity index (χ0v) is 12.1. The van der Waals surface area contributed by atoms with E-state index in [9.17, 15) is 4.79 Å². The first-order valence-electron chi connectivity index (χ1n) is 6.03. The van der Waals surface area contributed by atoms with Gasteiger partial charge in [-0.3, -0.25) is 4.79 Å². The summed E-state index contributed by atoms with van der Waals surface area (Å²) in [6, 6.07) is 4.12. The number of carbonyl (C=O) groups is 1. The summed E-state index contributed by atoms with van der Waals surface area (Å²) in [4.78, 5) is 12.5. The van der Waals surface area contributed by atoms with E-state index in [-0.39, 0.29) is 10.8 Å². The van der Waals surface area contributed by atoms with Gasteiger partial charge < -0.3 is 0 Å². The summed E-state index contributed by atoms with van der Waals surface area (Å²) < 4.78 is 0. The van der Waals surface area contributed by atoms with Crippen molar-refractivity contribution in [2.75, 3.05) is 5.75 Å². The summed E-state index contributed by atoms with van der Waals surface area (Å²) in [6.07, 6.45) is 0.967. The molecule has 0 radical (unpaired) electrons. The Morgan fingerprint density at radius 1 is 1.29 bits per heavy atom. The molecule has 17 heavy (non-hydrogen) atoms.